The maximum absolute atomic E-state index is 11.3. The second-order valence-corrected chi connectivity index (χ2v) is 7.63. The SMILES string of the molecule is CCOC(=O)/C=C/c1cccc2c1B(O)OC2.CCOC(=O)CCc1cccc2c1B(O)OC2.CO. The van der Waals surface area contributed by atoms with Gasteiger partial charge in [0.25, 0.3) is 0 Å². The Kier molecular flexibility index (Phi) is 12.4. The minimum atomic E-state index is -0.909. The van der Waals surface area contributed by atoms with E-state index in [-0.39, 0.29) is 5.97 Å². The summed E-state index contributed by atoms with van der Waals surface area (Å²) in [6, 6.07) is 11.3. The van der Waals surface area contributed by atoms with Gasteiger partial charge in [-0.1, -0.05) is 36.4 Å². The predicted octanol–water partition coefficient (Wildman–Crippen LogP) is 0.489. The zero-order chi connectivity index (χ0) is 26.5. The average Bonchev–Trinajstić information content (AvgIpc) is 3.47. The summed E-state index contributed by atoms with van der Waals surface area (Å²) in [6.45, 7) is 5.12. The Morgan fingerprint density at radius 1 is 0.917 bits per heavy atom. The number of aliphatic hydroxyl groups excluding tert-OH is 1. The molecule has 2 aliphatic heterocycles. The highest BCUT2D eigenvalue weighted by Gasteiger charge is 2.30. The molecule has 0 amide bonds. The number of carbonyl (C=O) groups is 2. The first kappa shape index (κ1) is 29.3. The van der Waals surface area contributed by atoms with Gasteiger partial charge in [-0.05, 0) is 59.5 Å². The van der Waals surface area contributed by atoms with Crippen LogP contribution in [0.5, 0.6) is 0 Å². The van der Waals surface area contributed by atoms with E-state index >= 15 is 0 Å². The number of aliphatic hydroxyl groups is 1. The summed E-state index contributed by atoms with van der Waals surface area (Å²) in [5.74, 6) is -0.600. The first-order chi connectivity index (χ1) is 17.4. The van der Waals surface area contributed by atoms with Gasteiger partial charge in [0.05, 0.1) is 26.4 Å². The number of aryl methyl sites for hydroxylation is 1. The molecule has 2 aromatic carbocycles. The Morgan fingerprint density at radius 3 is 2.14 bits per heavy atom. The summed E-state index contributed by atoms with van der Waals surface area (Å²) in [5.41, 5.74) is 5.23. The first-order valence-corrected chi connectivity index (χ1v) is 11.7. The molecule has 0 atom stereocenters. The maximum atomic E-state index is 11.3. The minimum Gasteiger partial charge on any atom is -0.466 e. The van der Waals surface area contributed by atoms with Gasteiger partial charge in [0.15, 0.2) is 0 Å². The third-order valence-corrected chi connectivity index (χ3v) is 5.39. The molecule has 192 valence electrons. The van der Waals surface area contributed by atoms with E-state index in [0.717, 1.165) is 40.3 Å². The van der Waals surface area contributed by atoms with Crippen LogP contribution in [-0.4, -0.2) is 61.7 Å². The van der Waals surface area contributed by atoms with Gasteiger partial charge in [0.1, 0.15) is 0 Å². The lowest BCUT2D eigenvalue weighted by Gasteiger charge is -2.07. The van der Waals surface area contributed by atoms with E-state index in [1.165, 1.54) is 6.08 Å². The maximum Gasteiger partial charge on any atom is 0.492 e. The molecular weight excluding hydrogens is 466 g/mol. The lowest BCUT2D eigenvalue weighted by Crippen LogP contribution is -2.31. The summed E-state index contributed by atoms with van der Waals surface area (Å²) in [6.07, 6.45) is 3.89. The van der Waals surface area contributed by atoms with Crippen molar-refractivity contribution in [3.8, 4) is 0 Å². The van der Waals surface area contributed by atoms with Gasteiger partial charge in [-0.25, -0.2) is 4.79 Å². The van der Waals surface area contributed by atoms with Crippen LogP contribution in [-0.2, 0) is 48.0 Å². The third-order valence-electron chi connectivity index (χ3n) is 5.39. The molecule has 36 heavy (non-hydrogen) atoms. The molecule has 2 heterocycles. The van der Waals surface area contributed by atoms with Crippen molar-refractivity contribution < 1.29 is 43.5 Å². The van der Waals surface area contributed by atoms with Gasteiger partial charge in [0.2, 0.25) is 0 Å². The summed E-state index contributed by atoms with van der Waals surface area (Å²) >= 11 is 0. The zero-order valence-corrected chi connectivity index (χ0v) is 20.8. The first-order valence-electron chi connectivity index (χ1n) is 11.7. The van der Waals surface area contributed by atoms with Crippen molar-refractivity contribution in [3.05, 3.63) is 64.7 Å². The zero-order valence-electron chi connectivity index (χ0n) is 20.8. The van der Waals surface area contributed by atoms with E-state index in [9.17, 15) is 19.6 Å². The summed E-state index contributed by atoms with van der Waals surface area (Å²) in [5, 5.41) is 26.4. The van der Waals surface area contributed by atoms with Crippen molar-refractivity contribution in [1.29, 1.82) is 0 Å². The Labute approximate surface area is 211 Å². The lowest BCUT2D eigenvalue weighted by atomic mass is 9.75. The number of benzene rings is 2. The van der Waals surface area contributed by atoms with Crippen LogP contribution >= 0.6 is 0 Å². The van der Waals surface area contributed by atoms with E-state index < -0.39 is 20.2 Å². The highest BCUT2D eigenvalue weighted by molar-refractivity contribution is 6.62. The lowest BCUT2D eigenvalue weighted by molar-refractivity contribution is -0.143. The Balaban J connectivity index is 0.000000237. The van der Waals surface area contributed by atoms with Crippen LogP contribution in [0.15, 0.2) is 42.5 Å². The third kappa shape index (κ3) is 8.04. The van der Waals surface area contributed by atoms with Crippen LogP contribution < -0.4 is 10.9 Å². The molecule has 0 aliphatic carbocycles. The van der Waals surface area contributed by atoms with Gasteiger partial charge in [0, 0.05) is 19.6 Å². The second-order valence-electron chi connectivity index (χ2n) is 7.63. The van der Waals surface area contributed by atoms with E-state index in [4.69, 9.17) is 23.9 Å². The Bertz CT molecular complexity index is 1040. The Hall–Kier alpha value is -2.95. The second kappa shape index (κ2) is 15.2. The van der Waals surface area contributed by atoms with Crippen molar-refractivity contribution in [1.82, 2.24) is 0 Å². The molecule has 0 unspecified atom stereocenters. The van der Waals surface area contributed by atoms with Crippen LogP contribution in [0.25, 0.3) is 6.08 Å². The van der Waals surface area contributed by atoms with Crippen molar-refractivity contribution in [2.45, 2.75) is 39.9 Å². The summed E-state index contributed by atoms with van der Waals surface area (Å²) in [4.78, 5) is 22.5. The Morgan fingerprint density at radius 2 is 1.50 bits per heavy atom. The number of rotatable bonds is 7. The number of hydrogen-bond acceptors (Lipinski definition) is 9. The number of ether oxygens (including phenoxy) is 2. The molecule has 0 fully saturated rings. The molecule has 0 aromatic heterocycles. The number of fused-ring (bicyclic) bond motifs is 2. The molecule has 9 nitrogen and oxygen atoms in total. The van der Waals surface area contributed by atoms with Crippen LogP contribution in [0.1, 0.15) is 42.5 Å². The van der Waals surface area contributed by atoms with E-state index in [1.807, 2.05) is 36.4 Å². The molecule has 11 heteroatoms. The van der Waals surface area contributed by atoms with Gasteiger partial charge in [-0.15, -0.1) is 0 Å². The highest BCUT2D eigenvalue weighted by atomic mass is 16.5. The number of esters is 2. The fourth-order valence-electron chi connectivity index (χ4n) is 3.85. The van der Waals surface area contributed by atoms with Crippen LogP contribution in [0.4, 0.5) is 0 Å². The molecule has 0 bridgehead atoms. The van der Waals surface area contributed by atoms with Crippen molar-refractivity contribution in [2.24, 2.45) is 0 Å². The fraction of sp³-hybridized carbons (Fsp3) is 0.360. The molecule has 4 rings (SSSR count). The molecule has 2 aliphatic rings. The minimum absolute atomic E-state index is 0.210. The topological polar surface area (TPSA) is 132 Å². The molecule has 0 saturated heterocycles. The quantitative estimate of drug-likeness (QED) is 0.284. The summed E-state index contributed by atoms with van der Waals surface area (Å²) < 4.78 is 19.9. The van der Waals surface area contributed by atoms with Crippen LogP contribution in [0.3, 0.4) is 0 Å². The van der Waals surface area contributed by atoms with Crippen molar-refractivity contribution in [3.63, 3.8) is 0 Å². The predicted molar refractivity (Wildman–Crippen MR) is 136 cm³/mol. The van der Waals surface area contributed by atoms with Crippen molar-refractivity contribution >= 4 is 43.2 Å². The molecule has 0 saturated carbocycles. The van der Waals surface area contributed by atoms with Gasteiger partial charge in [-0.3, -0.25) is 4.79 Å². The highest BCUT2D eigenvalue weighted by Crippen LogP contribution is 2.15. The summed E-state index contributed by atoms with van der Waals surface area (Å²) in [7, 11) is -0.767. The average molecular weight is 498 g/mol. The smallest absolute Gasteiger partial charge is 0.466 e. The number of hydrogen-bond donors (Lipinski definition) is 3. The largest absolute Gasteiger partial charge is 0.492 e. The van der Waals surface area contributed by atoms with E-state index in [0.29, 0.717) is 39.3 Å². The molecule has 0 radical (unpaired) electrons. The van der Waals surface area contributed by atoms with Gasteiger partial charge < -0.3 is 33.9 Å². The molecular formula is C25H32B2O9. The van der Waals surface area contributed by atoms with Gasteiger partial charge in [-0.2, -0.15) is 0 Å². The van der Waals surface area contributed by atoms with Crippen LogP contribution in [0.2, 0.25) is 0 Å². The fourth-order valence-corrected chi connectivity index (χ4v) is 3.85. The monoisotopic (exact) mass is 498 g/mol. The van der Waals surface area contributed by atoms with Crippen LogP contribution in [0, 0.1) is 0 Å². The molecule has 0 spiro atoms. The van der Waals surface area contributed by atoms with Crippen molar-refractivity contribution in [2.75, 3.05) is 20.3 Å². The normalized spacial score (nSPS) is 13.3. The van der Waals surface area contributed by atoms with E-state index in [2.05, 4.69) is 0 Å². The molecule has 3 N–H and O–H groups in total. The number of carbonyl (C=O) groups excluding carboxylic acids is 2. The molecule has 2 aromatic rings. The van der Waals surface area contributed by atoms with Gasteiger partial charge >= 0.3 is 26.2 Å². The van der Waals surface area contributed by atoms with E-state index in [1.54, 1.807) is 19.9 Å². The standard InChI is InChI=1S/C12H15BO4.C12H13BO4.CH4O/c2*1-2-16-11(14)7-6-9-4-3-5-10-8-17-13(15)12(9)10;1-2/h3-5,15H,2,6-8H2,1H3;3-7,15H,2,8H2,1H3;2H,1H3/b;7-6+;.